The maximum atomic E-state index is 5.89. The molecule has 0 aliphatic carbocycles. The van der Waals surface area contributed by atoms with Gasteiger partial charge in [0.05, 0.1) is 18.2 Å². The zero-order valence-corrected chi connectivity index (χ0v) is 12.3. The average Bonchev–Trinajstić information content (AvgIpc) is 2.79. The van der Waals surface area contributed by atoms with Crippen LogP contribution in [-0.4, -0.2) is 16.1 Å². The summed E-state index contributed by atoms with van der Waals surface area (Å²) in [6, 6.07) is 8.45. The molecule has 1 aromatic heterocycles. The third-order valence-electron chi connectivity index (χ3n) is 3.18. The second kappa shape index (κ2) is 5.67. The summed E-state index contributed by atoms with van der Waals surface area (Å²) in [5.41, 5.74) is 8.14. The first-order chi connectivity index (χ1) is 8.65. The molecule has 0 saturated carbocycles. The first kappa shape index (κ1) is 13.3. The first-order valence-electron chi connectivity index (χ1n) is 6.12. The molecule has 0 radical (unpaired) electrons. The Bertz CT molecular complexity index is 519. The number of halogens is 1. The van der Waals surface area contributed by atoms with E-state index < -0.39 is 0 Å². The van der Waals surface area contributed by atoms with Crippen molar-refractivity contribution in [1.29, 1.82) is 0 Å². The van der Waals surface area contributed by atoms with E-state index in [1.54, 1.807) is 0 Å². The van der Waals surface area contributed by atoms with Crippen molar-refractivity contribution in [2.24, 2.45) is 11.7 Å². The number of nitrogens with zero attached hydrogens (tertiary/aromatic N) is 2. The summed E-state index contributed by atoms with van der Waals surface area (Å²) in [5, 5.41) is 0. The van der Waals surface area contributed by atoms with Crippen LogP contribution in [0.25, 0.3) is 11.3 Å². The average molecular weight is 308 g/mol. The van der Waals surface area contributed by atoms with Crippen LogP contribution in [0.4, 0.5) is 0 Å². The lowest BCUT2D eigenvalue weighted by molar-refractivity contribution is 0.387. The van der Waals surface area contributed by atoms with Gasteiger partial charge in [0.15, 0.2) is 0 Å². The van der Waals surface area contributed by atoms with Gasteiger partial charge in [-0.15, -0.1) is 0 Å². The number of imidazole rings is 1. The second-order valence-corrected chi connectivity index (χ2v) is 5.57. The fourth-order valence-corrected chi connectivity index (χ4v) is 2.64. The molecule has 1 unspecified atom stereocenters. The van der Waals surface area contributed by atoms with Crippen LogP contribution in [0.3, 0.4) is 0 Å². The molecule has 2 aromatic rings. The molecule has 1 aromatic carbocycles. The number of nitrogens with two attached hydrogens (primary N) is 1. The summed E-state index contributed by atoms with van der Waals surface area (Å²) in [6.07, 6.45) is 3.76. The van der Waals surface area contributed by atoms with E-state index in [4.69, 9.17) is 5.73 Å². The molecule has 0 aliphatic heterocycles. The summed E-state index contributed by atoms with van der Waals surface area (Å²) >= 11 is 3.59. The molecule has 0 fully saturated rings. The van der Waals surface area contributed by atoms with Gasteiger partial charge >= 0.3 is 0 Å². The molecule has 3 nitrogen and oxygen atoms in total. The fraction of sp³-hybridized carbons (Fsp3) is 0.357. The number of rotatable bonds is 4. The Morgan fingerprint density at radius 2 is 2.06 bits per heavy atom. The number of hydrogen-bond acceptors (Lipinski definition) is 2. The van der Waals surface area contributed by atoms with Crippen molar-refractivity contribution < 1.29 is 0 Å². The zero-order chi connectivity index (χ0) is 13.1. The van der Waals surface area contributed by atoms with E-state index in [-0.39, 0.29) is 6.04 Å². The van der Waals surface area contributed by atoms with Gasteiger partial charge in [-0.2, -0.15) is 0 Å². The molecule has 0 aliphatic rings. The van der Waals surface area contributed by atoms with E-state index in [1.165, 1.54) is 0 Å². The van der Waals surface area contributed by atoms with Crippen LogP contribution < -0.4 is 5.73 Å². The van der Waals surface area contributed by atoms with Crippen molar-refractivity contribution in [2.75, 3.05) is 6.54 Å². The summed E-state index contributed by atoms with van der Waals surface area (Å²) in [4.78, 5) is 4.28. The molecule has 96 valence electrons. The van der Waals surface area contributed by atoms with Crippen molar-refractivity contribution in [1.82, 2.24) is 9.55 Å². The normalized spacial score (nSPS) is 12.9. The Morgan fingerprint density at radius 3 is 2.67 bits per heavy atom. The third kappa shape index (κ3) is 2.49. The van der Waals surface area contributed by atoms with Crippen molar-refractivity contribution >= 4 is 15.9 Å². The molecule has 0 spiro atoms. The highest BCUT2D eigenvalue weighted by Crippen LogP contribution is 2.30. The highest BCUT2D eigenvalue weighted by Gasteiger charge is 2.18. The molecule has 0 amide bonds. The minimum absolute atomic E-state index is 0.273. The summed E-state index contributed by atoms with van der Waals surface area (Å²) in [6.45, 7) is 4.98. The van der Waals surface area contributed by atoms with E-state index in [1.807, 2.05) is 30.7 Å². The molecule has 1 heterocycles. The van der Waals surface area contributed by atoms with Gasteiger partial charge in [-0.1, -0.05) is 48.0 Å². The maximum absolute atomic E-state index is 5.89. The minimum atomic E-state index is 0.273. The van der Waals surface area contributed by atoms with Gasteiger partial charge in [0.1, 0.15) is 0 Å². The van der Waals surface area contributed by atoms with Gasteiger partial charge in [0.25, 0.3) is 0 Å². The molecular formula is C14H18BrN3. The van der Waals surface area contributed by atoms with E-state index in [0.29, 0.717) is 12.5 Å². The summed E-state index contributed by atoms with van der Waals surface area (Å²) in [5.74, 6) is 0.477. The number of benzene rings is 1. The monoisotopic (exact) mass is 307 g/mol. The molecule has 4 heteroatoms. The standard InChI is InChI=1S/C14H18BrN3/c1-10(2)13(7-16)18-9-17-8-14(18)11-5-3-4-6-12(11)15/h3-6,8-10,13H,7,16H2,1-2H3. The van der Waals surface area contributed by atoms with Gasteiger partial charge in [-0.3, -0.25) is 0 Å². The Kier molecular flexibility index (Phi) is 4.19. The second-order valence-electron chi connectivity index (χ2n) is 4.71. The van der Waals surface area contributed by atoms with E-state index in [0.717, 1.165) is 15.7 Å². The lowest BCUT2D eigenvalue weighted by Crippen LogP contribution is -2.24. The fourth-order valence-electron chi connectivity index (χ4n) is 2.15. The molecule has 0 saturated heterocycles. The van der Waals surface area contributed by atoms with Gasteiger partial charge in [0.2, 0.25) is 0 Å². The molecule has 1 atom stereocenters. The SMILES string of the molecule is CC(C)C(CN)n1cncc1-c1ccccc1Br. The maximum Gasteiger partial charge on any atom is 0.0954 e. The largest absolute Gasteiger partial charge is 0.328 e. The van der Waals surface area contributed by atoms with Crippen LogP contribution >= 0.6 is 15.9 Å². The van der Waals surface area contributed by atoms with Gasteiger partial charge < -0.3 is 10.3 Å². The van der Waals surface area contributed by atoms with Crippen LogP contribution in [0.2, 0.25) is 0 Å². The highest BCUT2D eigenvalue weighted by atomic mass is 79.9. The quantitative estimate of drug-likeness (QED) is 0.940. The van der Waals surface area contributed by atoms with Gasteiger partial charge in [0, 0.05) is 22.6 Å². The first-order valence-corrected chi connectivity index (χ1v) is 6.91. The molecular weight excluding hydrogens is 290 g/mol. The van der Waals surface area contributed by atoms with Gasteiger partial charge in [-0.25, -0.2) is 4.98 Å². The Balaban J connectivity index is 2.48. The lowest BCUT2D eigenvalue weighted by atomic mass is 10.0. The molecule has 0 bridgehead atoms. The molecule has 18 heavy (non-hydrogen) atoms. The third-order valence-corrected chi connectivity index (χ3v) is 3.88. The smallest absolute Gasteiger partial charge is 0.0954 e. The highest BCUT2D eigenvalue weighted by molar-refractivity contribution is 9.10. The van der Waals surface area contributed by atoms with Crippen LogP contribution in [0.5, 0.6) is 0 Å². The van der Waals surface area contributed by atoms with E-state index in [2.05, 4.69) is 45.4 Å². The van der Waals surface area contributed by atoms with Crippen molar-refractivity contribution in [2.45, 2.75) is 19.9 Å². The van der Waals surface area contributed by atoms with Crippen molar-refractivity contribution in [3.05, 3.63) is 41.3 Å². The molecule has 2 rings (SSSR count). The predicted molar refractivity (Wildman–Crippen MR) is 78.3 cm³/mol. The van der Waals surface area contributed by atoms with Crippen LogP contribution in [0.1, 0.15) is 19.9 Å². The van der Waals surface area contributed by atoms with E-state index >= 15 is 0 Å². The number of hydrogen-bond donors (Lipinski definition) is 1. The number of aromatic nitrogens is 2. The van der Waals surface area contributed by atoms with Crippen molar-refractivity contribution in [3.63, 3.8) is 0 Å². The van der Waals surface area contributed by atoms with Crippen LogP contribution in [0, 0.1) is 5.92 Å². The summed E-state index contributed by atoms with van der Waals surface area (Å²) in [7, 11) is 0. The van der Waals surface area contributed by atoms with Crippen molar-refractivity contribution in [3.8, 4) is 11.3 Å². The van der Waals surface area contributed by atoms with Gasteiger partial charge in [-0.05, 0) is 12.0 Å². The minimum Gasteiger partial charge on any atom is -0.328 e. The van der Waals surface area contributed by atoms with Crippen LogP contribution in [0.15, 0.2) is 41.3 Å². The Hall–Kier alpha value is -1.13. The molecule has 2 N–H and O–H groups in total. The zero-order valence-electron chi connectivity index (χ0n) is 10.7. The lowest BCUT2D eigenvalue weighted by Gasteiger charge is -2.23. The Labute approximate surface area is 116 Å². The van der Waals surface area contributed by atoms with E-state index in [9.17, 15) is 0 Å². The van der Waals surface area contributed by atoms with Crippen LogP contribution in [-0.2, 0) is 0 Å². The Morgan fingerprint density at radius 1 is 1.33 bits per heavy atom. The topological polar surface area (TPSA) is 43.8 Å². The predicted octanol–water partition coefficient (Wildman–Crippen LogP) is 3.47. The summed E-state index contributed by atoms with van der Waals surface area (Å²) < 4.78 is 3.25.